The number of benzene rings is 2. The summed E-state index contributed by atoms with van der Waals surface area (Å²) in [6, 6.07) is 13.3. The van der Waals surface area contributed by atoms with Crippen LogP contribution in [0.4, 0.5) is 0 Å². The lowest BCUT2D eigenvalue weighted by Crippen LogP contribution is -2.28. The maximum absolute atomic E-state index is 11.4. The molecule has 21 heavy (non-hydrogen) atoms. The molecule has 106 valence electrons. The van der Waals surface area contributed by atoms with Gasteiger partial charge in [-0.1, -0.05) is 30.3 Å². The van der Waals surface area contributed by atoms with Crippen LogP contribution in [0.2, 0.25) is 0 Å². The second-order valence-corrected chi connectivity index (χ2v) is 5.37. The van der Waals surface area contributed by atoms with Crippen molar-refractivity contribution in [3.63, 3.8) is 0 Å². The van der Waals surface area contributed by atoms with Gasteiger partial charge in [0.05, 0.1) is 16.4 Å². The smallest absolute Gasteiger partial charge is 0.314 e. The van der Waals surface area contributed by atoms with Crippen LogP contribution in [0.15, 0.2) is 52.1 Å². The summed E-state index contributed by atoms with van der Waals surface area (Å²) in [5.41, 5.74) is 2.81. The van der Waals surface area contributed by atoms with Crippen molar-refractivity contribution in [2.24, 2.45) is 0 Å². The lowest BCUT2D eigenvalue weighted by Gasteiger charge is -2.13. The molecule has 1 aromatic heterocycles. The number of hydrogen-bond donors (Lipinski definition) is 2. The van der Waals surface area contributed by atoms with Gasteiger partial charge in [-0.05, 0) is 35.7 Å². The summed E-state index contributed by atoms with van der Waals surface area (Å²) in [4.78, 5) is 27.8. The van der Waals surface area contributed by atoms with Gasteiger partial charge in [-0.3, -0.25) is 9.59 Å². The number of aromatic amines is 2. The van der Waals surface area contributed by atoms with Crippen LogP contribution in [-0.4, -0.2) is 9.97 Å². The zero-order valence-corrected chi connectivity index (χ0v) is 12.1. The van der Waals surface area contributed by atoms with Crippen molar-refractivity contribution in [1.29, 1.82) is 0 Å². The molecule has 0 spiro atoms. The van der Waals surface area contributed by atoms with Gasteiger partial charge >= 0.3 is 11.1 Å². The molecule has 0 radical (unpaired) electrons. The van der Waals surface area contributed by atoms with Crippen molar-refractivity contribution in [3.05, 3.63) is 79.9 Å². The molecule has 0 aliphatic heterocycles. The molecule has 3 rings (SSSR count). The van der Waals surface area contributed by atoms with E-state index in [-0.39, 0.29) is 5.38 Å². The van der Waals surface area contributed by atoms with Gasteiger partial charge < -0.3 is 9.97 Å². The van der Waals surface area contributed by atoms with E-state index < -0.39 is 11.1 Å². The van der Waals surface area contributed by atoms with E-state index in [2.05, 4.69) is 9.97 Å². The van der Waals surface area contributed by atoms with Gasteiger partial charge in [0, 0.05) is 0 Å². The normalized spacial score (nSPS) is 12.5. The molecule has 2 N–H and O–H groups in total. The summed E-state index contributed by atoms with van der Waals surface area (Å²) < 4.78 is 0. The third-order valence-electron chi connectivity index (χ3n) is 3.50. The third-order valence-corrected chi connectivity index (χ3v) is 3.99. The fourth-order valence-corrected chi connectivity index (χ4v) is 2.72. The molecular weight excluding hydrogens is 288 g/mol. The lowest BCUT2D eigenvalue weighted by atomic mass is 10.00. The van der Waals surface area contributed by atoms with E-state index >= 15 is 0 Å². The van der Waals surface area contributed by atoms with Crippen molar-refractivity contribution in [2.75, 3.05) is 0 Å². The molecule has 5 heteroatoms. The van der Waals surface area contributed by atoms with Gasteiger partial charge in [-0.15, -0.1) is 11.6 Å². The number of nitrogens with one attached hydrogen (secondary N) is 2. The standard InChI is InChI=1S/C16H13ClN2O2/c1-9-4-2-3-5-11(9)14(17)10-6-7-12-13(8-10)19-16(21)15(20)18-12/h2-8,14H,1H3,(H,18,20)(H,19,21). The number of H-pyrrole nitrogens is 2. The molecule has 0 amide bonds. The monoisotopic (exact) mass is 300 g/mol. The Morgan fingerprint density at radius 1 is 0.952 bits per heavy atom. The minimum absolute atomic E-state index is 0.314. The molecule has 0 saturated carbocycles. The summed E-state index contributed by atoms with van der Waals surface area (Å²) in [7, 11) is 0. The van der Waals surface area contributed by atoms with E-state index in [4.69, 9.17) is 11.6 Å². The Morgan fingerprint density at radius 3 is 2.33 bits per heavy atom. The Bertz CT molecular complexity index is 927. The number of aryl methyl sites for hydroxylation is 1. The maximum atomic E-state index is 11.4. The number of fused-ring (bicyclic) bond motifs is 1. The molecule has 2 aromatic carbocycles. The van der Waals surface area contributed by atoms with Crippen molar-refractivity contribution in [2.45, 2.75) is 12.3 Å². The summed E-state index contributed by atoms with van der Waals surface area (Å²) in [6.07, 6.45) is 0. The van der Waals surface area contributed by atoms with E-state index in [9.17, 15) is 9.59 Å². The highest BCUT2D eigenvalue weighted by Gasteiger charge is 2.13. The first-order valence-corrected chi connectivity index (χ1v) is 6.96. The number of alkyl halides is 1. The van der Waals surface area contributed by atoms with Crippen LogP contribution < -0.4 is 11.1 Å². The first-order chi connectivity index (χ1) is 10.1. The van der Waals surface area contributed by atoms with Gasteiger partial charge in [0.2, 0.25) is 0 Å². The Kier molecular flexibility index (Phi) is 3.39. The lowest BCUT2D eigenvalue weighted by molar-refractivity contribution is 1.10. The number of halogens is 1. The van der Waals surface area contributed by atoms with Crippen molar-refractivity contribution < 1.29 is 0 Å². The molecule has 1 unspecified atom stereocenters. The van der Waals surface area contributed by atoms with Gasteiger partial charge in [0.15, 0.2) is 0 Å². The molecule has 1 heterocycles. The summed E-state index contributed by atoms with van der Waals surface area (Å²) in [5.74, 6) is 0. The zero-order valence-electron chi connectivity index (χ0n) is 11.3. The van der Waals surface area contributed by atoms with Crippen molar-refractivity contribution in [1.82, 2.24) is 9.97 Å². The van der Waals surface area contributed by atoms with Crippen LogP contribution in [0.5, 0.6) is 0 Å². The number of hydrogen-bond acceptors (Lipinski definition) is 2. The SMILES string of the molecule is Cc1ccccc1C(Cl)c1ccc2[nH]c(=O)c(=O)[nH]c2c1. The van der Waals surface area contributed by atoms with Crippen LogP contribution >= 0.6 is 11.6 Å². The molecule has 0 fully saturated rings. The minimum atomic E-state index is -0.665. The maximum Gasteiger partial charge on any atom is 0.314 e. The second-order valence-electron chi connectivity index (χ2n) is 4.93. The topological polar surface area (TPSA) is 65.7 Å². The zero-order chi connectivity index (χ0) is 15.0. The van der Waals surface area contributed by atoms with Gasteiger partial charge in [-0.2, -0.15) is 0 Å². The van der Waals surface area contributed by atoms with Gasteiger partial charge in [0.1, 0.15) is 0 Å². The van der Waals surface area contributed by atoms with Crippen LogP contribution in [0.25, 0.3) is 11.0 Å². The molecule has 0 saturated heterocycles. The minimum Gasteiger partial charge on any atom is -0.316 e. The van der Waals surface area contributed by atoms with Gasteiger partial charge in [0.25, 0.3) is 0 Å². The largest absolute Gasteiger partial charge is 0.316 e. The predicted octanol–water partition coefficient (Wildman–Crippen LogP) is 2.85. The first kappa shape index (κ1) is 13.6. The molecule has 4 nitrogen and oxygen atoms in total. The highest BCUT2D eigenvalue weighted by atomic mass is 35.5. The molecule has 1 atom stereocenters. The number of aromatic nitrogens is 2. The van der Waals surface area contributed by atoms with Crippen molar-refractivity contribution in [3.8, 4) is 0 Å². The van der Waals surface area contributed by atoms with Crippen LogP contribution in [0.3, 0.4) is 0 Å². The van der Waals surface area contributed by atoms with Gasteiger partial charge in [-0.25, -0.2) is 0 Å². The van der Waals surface area contributed by atoms with E-state index in [1.54, 1.807) is 12.1 Å². The Hall–Kier alpha value is -2.33. The first-order valence-electron chi connectivity index (χ1n) is 6.52. The average molecular weight is 301 g/mol. The van der Waals surface area contributed by atoms with Crippen LogP contribution in [0.1, 0.15) is 22.1 Å². The molecule has 0 aliphatic carbocycles. The van der Waals surface area contributed by atoms with Crippen LogP contribution in [0, 0.1) is 6.92 Å². The number of rotatable bonds is 2. The molecule has 3 aromatic rings. The van der Waals surface area contributed by atoms with E-state index in [0.29, 0.717) is 11.0 Å². The average Bonchev–Trinajstić information content (AvgIpc) is 2.48. The molecule has 0 aliphatic rings. The van der Waals surface area contributed by atoms with Crippen LogP contribution in [-0.2, 0) is 0 Å². The third kappa shape index (κ3) is 2.50. The molecule has 0 bridgehead atoms. The Morgan fingerprint density at radius 2 is 1.62 bits per heavy atom. The van der Waals surface area contributed by atoms with E-state index in [1.807, 2.05) is 37.3 Å². The Balaban J connectivity index is 2.13. The quantitative estimate of drug-likeness (QED) is 0.564. The summed E-state index contributed by atoms with van der Waals surface area (Å²) in [5, 5.41) is -0.314. The highest BCUT2D eigenvalue weighted by molar-refractivity contribution is 6.22. The van der Waals surface area contributed by atoms with E-state index in [1.165, 1.54) is 0 Å². The Labute approximate surface area is 125 Å². The second kappa shape index (κ2) is 5.22. The summed E-state index contributed by atoms with van der Waals surface area (Å²) in [6.45, 7) is 2.01. The fraction of sp³-hybridized carbons (Fsp3) is 0.125. The van der Waals surface area contributed by atoms with E-state index in [0.717, 1.165) is 16.7 Å². The molecular formula is C16H13ClN2O2. The predicted molar refractivity (Wildman–Crippen MR) is 84.1 cm³/mol. The fourth-order valence-electron chi connectivity index (χ4n) is 2.34. The highest BCUT2D eigenvalue weighted by Crippen LogP contribution is 2.31. The summed E-state index contributed by atoms with van der Waals surface area (Å²) >= 11 is 6.54. The van der Waals surface area contributed by atoms with Crippen molar-refractivity contribution >= 4 is 22.6 Å².